The minimum absolute atomic E-state index is 0.143. The van der Waals surface area contributed by atoms with Gasteiger partial charge in [-0.1, -0.05) is 32.6 Å². The van der Waals surface area contributed by atoms with Gasteiger partial charge in [0.05, 0.1) is 5.25 Å². The van der Waals surface area contributed by atoms with E-state index in [4.69, 9.17) is 0 Å². The summed E-state index contributed by atoms with van der Waals surface area (Å²) in [5.74, 6) is -0.167. The Hall–Kier alpha value is -1.37. The Balaban J connectivity index is 2.02. The van der Waals surface area contributed by atoms with Crippen LogP contribution in [0.3, 0.4) is 0 Å². The fraction of sp³-hybridized carbons (Fsp3) is 0.800. The zero-order valence-electron chi connectivity index (χ0n) is 16.8. The Kier molecular flexibility index (Phi) is 12.1. The number of unbranched alkanes of at least 4 members (excludes halogenated alkanes) is 5. The normalized spacial score (nSPS) is 16.8. The van der Waals surface area contributed by atoms with Gasteiger partial charge in [0, 0.05) is 38.8 Å². The highest BCUT2D eigenvalue weighted by molar-refractivity contribution is 8.00. The van der Waals surface area contributed by atoms with Crippen molar-refractivity contribution in [1.82, 2.24) is 10.2 Å². The molecule has 1 heterocycles. The molecule has 0 bridgehead atoms. The molecule has 0 aromatic heterocycles. The minimum atomic E-state index is -0.296. The fourth-order valence-corrected chi connectivity index (χ4v) is 3.74. The first-order valence-corrected chi connectivity index (χ1v) is 11.4. The number of thioether (sulfide) groups is 1. The largest absolute Gasteiger partial charge is 0.356 e. The number of likely N-dealkylation sites (tertiary alicyclic amines) is 1. The van der Waals surface area contributed by atoms with E-state index >= 15 is 0 Å². The maximum atomic E-state index is 12.0. The highest BCUT2D eigenvalue weighted by Crippen LogP contribution is 2.22. The van der Waals surface area contributed by atoms with Crippen LogP contribution < -0.4 is 5.32 Å². The van der Waals surface area contributed by atoms with Gasteiger partial charge in [0.25, 0.3) is 0 Å². The van der Waals surface area contributed by atoms with Crippen molar-refractivity contribution in [3.05, 3.63) is 0 Å². The van der Waals surface area contributed by atoms with Gasteiger partial charge in [-0.25, -0.2) is 0 Å². The summed E-state index contributed by atoms with van der Waals surface area (Å²) in [6.45, 7) is 2.89. The first-order chi connectivity index (χ1) is 13.0. The number of imide groups is 1. The second-order valence-corrected chi connectivity index (χ2v) is 8.11. The van der Waals surface area contributed by atoms with Gasteiger partial charge in [0.1, 0.15) is 5.78 Å². The number of Topliss-reactive ketones (excluding diaryl/α,β-unsaturated/α-hetero) is 1. The van der Waals surface area contributed by atoms with Crippen LogP contribution in [0.2, 0.25) is 0 Å². The molecule has 1 fully saturated rings. The molecule has 1 aliphatic rings. The van der Waals surface area contributed by atoms with Crippen molar-refractivity contribution >= 4 is 35.3 Å². The number of nitrogens with one attached hydrogen (secondary N) is 1. The van der Waals surface area contributed by atoms with E-state index in [0.717, 1.165) is 32.1 Å². The van der Waals surface area contributed by atoms with Gasteiger partial charge in [0.15, 0.2) is 0 Å². The summed E-state index contributed by atoms with van der Waals surface area (Å²) in [4.78, 5) is 48.5. The molecule has 7 heteroatoms. The maximum Gasteiger partial charge on any atom is 0.242 e. The molecule has 0 saturated carbocycles. The van der Waals surface area contributed by atoms with Crippen molar-refractivity contribution in [2.75, 3.05) is 19.3 Å². The van der Waals surface area contributed by atoms with Crippen molar-refractivity contribution in [3.63, 3.8) is 0 Å². The molecule has 1 N–H and O–H groups in total. The average Bonchev–Trinajstić information content (AvgIpc) is 2.93. The lowest BCUT2D eigenvalue weighted by Crippen LogP contribution is -2.35. The van der Waals surface area contributed by atoms with Gasteiger partial charge < -0.3 is 5.32 Å². The summed E-state index contributed by atoms with van der Waals surface area (Å²) in [5, 5.41) is 2.52. The van der Waals surface area contributed by atoms with E-state index in [1.54, 1.807) is 0 Å². The number of hydrogen-bond donors (Lipinski definition) is 1. The first-order valence-electron chi connectivity index (χ1n) is 10.1. The second-order valence-electron chi connectivity index (χ2n) is 7.07. The smallest absolute Gasteiger partial charge is 0.242 e. The maximum absolute atomic E-state index is 12.0. The zero-order chi connectivity index (χ0) is 20.1. The van der Waals surface area contributed by atoms with Crippen molar-refractivity contribution in [1.29, 1.82) is 0 Å². The molecule has 3 amide bonds. The average molecular weight is 399 g/mol. The Morgan fingerprint density at radius 3 is 2.30 bits per heavy atom. The number of ketones is 1. The van der Waals surface area contributed by atoms with Gasteiger partial charge in [0.2, 0.25) is 17.7 Å². The number of nitrogens with zero attached hydrogens (tertiary/aromatic N) is 1. The topological polar surface area (TPSA) is 83.6 Å². The molecule has 0 aromatic rings. The van der Waals surface area contributed by atoms with Crippen LogP contribution in [0, 0.1) is 0 Å². The number of carbonyl (C=O) groups excluding carboxylic acids is 4. The Morgan fingerprint density at radius 2 is 1.70 bits per heavy atom. The molecule has 27 heavy (non-hydrogen) atoms. The lowest BCUT2D eigenvalue weighted by molar-refractivity contribution is -0.138. The molecule has 0 spiro atoms. The van der Waals surface area contributed by atoms with Crippen molar-refractivity contribution in [2.45, 2.75) is 82.8 Å². The van der Waals surface area contributed by atoms with E-state index in [0.29, 0.717) is 25.2 Å². The number of hydrogen-bond acceptors (Lipinski definition) is 5. The van der Waals surface area contributed by atoms with E-state index in [2.05, 4.69) is 12.2 Å². The van der Waals surface area contributed by atoms with Crippen molar-refractivity contribution in [3.8, 4) is 0 Å². The quantitative estimate of drug-likeness (QED) is 0.338. The van der Waals surface area contributed by atoms with Crippen LogP contribution in [0.1, 0.15) is 77.6 Å². The molecular formula is C20H34N2O4S. The van der Waals surface area contributed by atoms with Crippen LogP contribution >= 0.6 is 11.8 Å². The van der Waals surface area contributed by atoms with Crippen LogP contribution in [-0.2, 0) is 19.2 Å². The lowest BCUT2D eigenvalue weighted by atomic mass is 10.1. The van der Waals surface area contributed by atoms with Crippen molar-refractivity contribution in [2.24, 2.45) is 0 Å². The Morgan fingerprint density at radius 1 is 1.04 bits per heavy atom. The SMILES string of the molecule is CCCCCCC(=O)CCCCCNC(=O)CCN1C(=O)CC(SC)C1=O. The van der Waals surface area contributed by atoms with Crippen LogP contribution in [0.25, 0.3) is 0 Å². The summed E-state index contributed by atoms with van der Waals surface area (Å²) in [6.07, 6.45) is 10.7. The minimum Gasteiger partial charge on any atom is -0.356 e. The highest BCUT2D eigenvalue weighted by atomic mass is 32.2. The van der Waals surface area contributed by atoms with E-state index in [1.807, 2.05) is 6.26 Å². The van der Waals surface area contributed by atoms with Crippen LogP contribution in [0.5, 0.6) is 0 Å². The third kappa shape index (κ3) is 9.40. The zero-order valence-corrected chi connectivity index (χ0v) is 17.6. The monoisotopic (exact) mass is 398 g/mol. The molecule has 1 aliphatic heterocycles. The van der Waals surface area contributed by atoms with E-state index in [-0.39, 0.29) is 42.4 Å². The van der Waals surface area contributed by atoms with E-state index < -0.39 is 0 Å². The molecule has 1 atom stereocenters. The molecule has 0 radical (unpaired) electrons. The number of rotatable bonds is 15. The van der Waals surface area contributed by atoms with Gasteiger partial charge in [-0.15, -0.1) is 0 Å². The van der Waals surface area contributed by atoms with Crippen LogP contribution in [0.15, 0.2) is 0 Å². The number of carbonyl (C=O) groups is 4. The van der Waals surface area contributed by atoms with Gasteiger partial charge in [-0.05, 0) is 25.5 Å². The summed E-state index contributed by atoms with van der Waals surface area (Å²) < 4.78 is 0. The third-order valence-electron chi connectivity index (χ3n) is 4.81. The summed E-state index contributed by atoms with van der Waals surface area (Å²) >= 11 is 1.38. The number of amides is 3. The van der Waals surface area contributed by atoms with Gasteiger partial charge in [-0.2, -0.15) is 11.8 Å². The van der Waals surface area contributed by atoms with Crippen LogP contribution in [0.4, 0.5) is 0 Å². The predicted molar refractivity (Wildman–Crippen MR) is 109 cm³/mol. The summed E-state index contributed by atoms with van der Waals surface area (Å²) in [7, 11) is 0. The molecule has 1 unspecified atom stereocenters. The van der Waals surface area contributed by atoms with E-state index in [1.165, 1.54) is 29.5 Å². The first kappa shape index (κ1) is 23.7. The standard InChI is InChI=1S/C20H34N2O4S/c1-3-4-5-7-10-16(23)11-8-6-9-13-21-18(24)12-14-22-19(25)15-17(27-2)20(22)26/h17H,3-15H2,1-2H3,(H,21,24). The second kappa shape index (κ2) is 13.7. The molecule has 1 rings (SSSR count). The highest BCUT2D eigenvalue weighted by Gasteiger charge is 2.37. The molecular weight excluding hydrogens is 364 g/mol. The fourth-order valence-electron chi connectivity index (χ4n) is 3.10. The van der Waals surface area contributed by atoms with Crippen molar-refractivity contribution < 1.29 is 19.2 Å². The molecule has 6 nitrogen and oxygen atoms in total. The molecule has 154 valence electrons. The lowest BCUT2D eigenvalue weighted by Gasteiger charge is -2.14. The summed E-state index contributed by atoms with van der Waals surface area (Å²) in [5.41, 5.74) is 0. The molecule has 0 aliphatic carbocycles. The Bertz CT molecular complexity index is 510. The third-order valence-corrected chi connectivity index (χ3v) is 5.75. The van der Waals surface area contributed by atoms with Gasteiger partial charge in [-0.3, -0.25) is 24.1 Å². The Labute approximate surface area is 167 Å². The van der Waals surface area contributed by atoms with E-state index in [9.17, 15) is 19.2 Å². The van der Waals surface area contributed by atoms with Gasteiger partial charge >= 0.3 is 0 Å². The van der Waals surface area contributed by atoms with Crippen LogP contribution in [-0.4, -0.2) is 53.0 Å². The molecule has 0 aromatic carbocycles. The molecule has 1 saturated heterocycles. The predicted octanol–water partition coefficient (Wildman–Crippen LogP) is 3.08. The summed E-state index contributed by atoms with van der Waals surface area (Å²) in [6, 6.07) is 0.